The number of thioether (sulfide) groups is 1. The Bertz CT molecular complexity index is 439. The van der Waals surface area contributed by atoms with Crippen LogP contribution >= 0.6 is 11.8 Å². The highest BCUT2D eigenvalue weighted by Gasteiger charge is 2.32. The molecule has 2 amide bonds. The molecule has 0 aliphatic carbocycles. The number of carbonyl (C=O) groups excluding carboxylic acids is 1. The lowest BCUT2D eigenvalue weighted by molar-refractivity contribution is -0.141. The first-order valence-corrected chi connectivity index (χ1v) is 8.54. The molecule has 0 aromatic carbocycles. The maximum Gasteiger partial charge on any atom is 0.327 e. The van der Waals surface area contributed by atoms with Crippen LogP contribution in [0.1, 0.15) is 6.42 Å². The van der Waals surface area contributed by atoms with Crippen LogP contribution in [0.3, 0.4) is 0 Å². The minimum absolute atomic E-state index is 0.144. The Kier molecular flexibility index (Phi) is 5.88. The van der Waals surface area contributed by atoms with Crippen LogP contribution in [-0.4, -0.2) is 66.8 Å². The third kappa shape index (κ3) is 5.66. The second-order valence-corrected chi connectivity index (χ2v) is 6.96. The van der Waals surface area contributed by atoms with Gasteiger partial charge in [0.25, 0.3) is 0 Å². The van der Waals surface area contributed by atoms with Crippen molar-refractivity contribution >= 4 is 33.8 Å². The quantitative estimate of drug-likeness (QED) is 0.551. The molecule has 1 unspecified atom stereocenters. The molecular weight excluding hydrogens is 294 g/mol. The van der Waals surface area contributed by atoms with Crippen molar-refractivity contribution in [1.82, 2.24) is 10.2 Å². The smallest absolute Gasteiger partial charge is 0.327 e. The van der Waals surface area contributed by atoms with Crippen LogP contribution in [0, 0.1) is 0 Å². The lowest BCUT2D eigenvalue weighted by Crippen LogP contribution is -2.54. The fourth-order valence-corrected chi connectivity index (χ4v) is 3.21. The molecule has 0 spiro atoms. The molecule has 8 nitrogen and oxygen atoms in total. The first-order valence-electron chi connectivity index (χ1n) is 5.67. The first kappa shape index (κ1) is 16.1. The number of nitrogens with one attached hydrogen (secondary N) is 1. The number of primary sulfonamides is 1. The SMILES string of the molecule is NS(=O)(=O)CCCNC(=O)N1CCSCC1C(=O)O. The van der Waals surface area contributed by atoms with Crippen molar-refractivity contribution in [3.63, 3.8) is 0 Å². The van der Waals surface area contributed by atoms with Crippen molar-refractivity contribution in [3.8, 4) is 0 Å². The van der Waals surface area contributed by atoms with Crippen LogP contribution in [-0.2, 0) is 14.8 Å². The average molecular weight is 311 g/mol. The molecule has 0 bridgehead atoms. The van der Waals surface area contributed by atoms with Gasteiger partial charge in [0, 0.05) is 24.6 Å². The lowest BCUT2D eigenvalue weighted by atomic mass is 10.3. The molecule has 0 radical (unpaired) electrons. The van der Waals surface area contributed by atoms with Gasteiger partial charge in [0.05, 0.1) is 5.75 Å². The average Bonchev–Trinajstić information content (AvgIpc) is 2.33. The van der Waals surface area contributed by atoms with Crippen molar-refractivity contribution in [2.75, 3.05) is 30.3 Å². The van der Waals surface area contributed by atoms with Crippen molar-refractivity contribution in [2.24, 2.45) is 5.14 Å². The number of hydrogen-bond donors (Lipinski definition) is 3. The normalized spacial score (nSPS) is 20.1. The summed E-state index contributed by atoms with van der Waals surface area (Å²) >= 11 is 1.49. The number of rotatable bonds is 5. The molecule has 1 saturated heterocycles. The topological polar surface area (TPSA) is 130 Å². The summed E-state index contributed by atoms with van der Waals surface area (Å²) in [4.78, 5) is 24.1. The number of carbonyl (C=O) groups is 2. The Morgan fingerprint density at radius 2 is 2.16 bits per heavy atom. The molecule has 1 aliphatic rings. The molecule has 10 heteroatoms. The van der Waals surface area contributed by atoms with Gasteiger partial charge in [0.1, 0.15) is 6.04 Å². The summed E-state index contributed by atoms with van der Waals surface area (Å²) in [5, 5.41) is 16.3. The van der Waals surface area contributed by atoms with Crippen LogP contribution in [0.2, 0.25) is 0 Å². The van der Waals surface area contributed by atoms with Crippen LogP contribution in [0.15, 0.2) is 0 Å². The Morgan fingerprint density at radius 3 is 2.74 bits per heavy atom. The Balaban J connectivity index is 2.41. The van der Waals surface area contributed by atoms with E-state index >= 15 is 0 Å². The third-order valence-corrected chi connectivity index (χ3v) is 4.44. The summed E-state index contributed by atoms with van der Waals surface area (Å²) in [6.45, 7) is 0.508. The largest absolute Gasteiger partial charge is 0.480 e. The van der Waals surface area contributed by atoms with Crippen molar-refractivity contribution in [3.05, 3.63) is 0 Å². The van der Waals surface area contributed by atoms with Crippen LogP contribution in [0.5, 0.6) is 0 Å². The number of nitrogens with zero attached hydrogens (tertiary/aromatic N) is 1. The molecule has 0 aromatic rings. The van der Waals surface area contributed by atoms with Gasteiger partial charge in [0.2, 0.25) is 10.0 Å². The zero-order valence-corrected chi connectivity index (χ0v) is 11.9. The van der Waals surface area contributed by atoms with Gasteiger partial charge in [-0.2, -0.15) is 11.8 Å². The molecule has 1 heterocycles. The molecule has 110 valence electrons. The molecule has 19 heavy (non-hydrogen) atoms. The van der Waals surface area contributed by atoms with Crippen LogP contribution < -0.4 is 10.5 Å². The number of hydrogen-bond acceptors (Lipinski definition) is 5. The second kappa shape index (κ2) is 6.96. The fourth-order valence-electron chi connectivity index (χ4n) is 1.62. The summed E-state index contributed by atoms with van der Waals surface area (Å²) in [5.41, 5.74) is 0. The van der Waals surface area contributed by atoms with Gasteiger partial charge in [-0.3, -0.25) is 0 Å². The van der Waals surface area contributed by atoms with E-state index in [1.54, 1.807) is 0 Å². The zero-order chi connectivity index (χ0) is 14.5. The predicted octanol–water partition coefficient (Wildman–Crippen LogP) is -1.12. The molecule has 0 aromatic heterocycles. The zero-order valence-electron chi connectivity index (χ0n) is 10.2. The van der Waals surface area contributed by atoms with E-state index in [9.17, 15) is 18.0 Å². The van der Waals surface area contributed by atoms with Gasteiger partial charge in [-0.1, -0.05) is 0 Å². The van der Waals surface area contributed by atoms with E-state index in [4.69, 9.17) is 10.2 Å². The second-order valence-electron chi connectivity index (χ2n) is 4.07. The van der Waals surface area contributed by atoms with E-state index in [1.807, 2.05) is 0 Å². The number of urea groups is 1. The monoisotopic (exact) mass is 311 g/mol. The van der Waals surface area contributed by atoms with Crippen molar-refractivity contribution in [2.45, 2.75) is 12.5 Å². The number of aliphatic carboxylic acids is 1. The molecule has 0 saturated carbocycles. The molecule has 1 atom stereocenters. The number of carboxylic acid groups (broad SMARTS) is 1. The van der Waals surface area contributed by atoms with Gasteiger partial charge in [-0.05, 0) is 6.42 Å². The van der Waals surface area contributed by atoms with E-state index < -0.39 is 28.1 Å². The number of sulfonamides is 1. The number of amides is 2. The summed E-state index contributed by atoms with van der Waals surface area (Å²) in [5.74, 6) is -0.202. The van der Waals surface area contributed by atoms with Gasteiger partial charge in [-0.25, -0.2) is 23.1 Å². The number of nitrogens with two attached hydrogens (primary N) is 1. The van der Waals surface area contributed by atoms with E-state index in [0.29, 0.717) is 18.1 Å². The van der Waals surface area contributed by atoms with Crippen LogP contribution in [0.25, 0.3) is 0 Å². The van der Waals surface area contributed by atoms with Gasteiger partial charge in [0.15, 0.2) is 0 Å². The fraction of sp³-hybridized carbons (Fsp3) is 0.778. The summed E-state index contributed by atoms with van der Waals surface area (Å²) in [6, 6.07) is -1.32. The summed E-state index contributed by atoms with van der Waals surface area (Å²) < 4.78 is 21.4. The Hall–Kier alpha value is -1.00. The first-order chi connectivity index (χ1) is 8.81. The maximum atomic E-state index is 11.8. The standard InChI is InChI=1S/C9H17N3O5S2/c10-19(16,17)5-1-2-11-9(15)12-3-4-18-6-7(12)8(13)14/h7H,1-6H2,(H,11,15)(H,13,14)(H2,10,16,17). The van der Waals surface area contributed by atoms with Crippen LogP contribution in [0.4, 0.5) is 4.79 Å². The van der Waals surface area contributed by atoms with E-state index in [2.05, 4.69) is 5.32 Å². The Morgan fingerprint density at radius 1 is 1.47 bits per heavy atom. The predicted molar refractivity (Wildman–Crippen MR) is 71.4 cm³/mol. The minimum Gasteiger partial charge on any atom is -0.480 e. The highest BCUT2D eigenvalue weighted by molar-refractivity contribution is 7.99. The molecule has 4 N–H and O–H groups in total. The van der Waals surface area contributed by atoms with Gasteiger partial charge >= 0.3 is 12.0 Å². The molecule has 1 fully saturated rings. The summed E-state index contributed by atoms with van der Waals surface area (Å²) in [7, 11) is -3.53. The summed E-state index contributed by atoms with van der Waals surface area (Å²) in [6.07, 6.45) is 0.199. The Labute approximate surface area is 115 Å². The highest BCUT2D eigenvalue weighted by atomic mass is 32.2. The van der Waals surface area contributed by atoms with Gasteiger partial charge in [-0.15, -0.1) is 0 Å². The van der Waals surface area contributed by atoms with Crippen molar-refractivity contribution < 1.29 is 23.1 Å². The molecule has 1 aliphatic heterocycles. The third-order valence-electron chi connectivity index (χ3n) is 2.56. The van der Waals surface area contributed by atoms with E-state index in [1.165, 1.54) is 16.7 Å². The molecular formula is C9H17N3O5S2. The highest BCUT2D eigenvalue weighted by Crippen LogP contribution is 2.16. The van der Waals surface area contributed by atoms with E-state index in [0.717, 1.165) is 0 Å². The van der Waals surface area contributed by atoms with Gasteiger partial charge < -0.3 is 15.3 Å². The van der Waals surface area contributed by atoms with Crippen molar-refractivity contribution in [1.29, 1.82) is 0 Å². The number of carboxylic acids is 1. The van der Waals surface area contributed by atoms with E-state index in [-0.39, 0.29) is 18.7 Å². The minimum atomic E-state index is -3.53. The lowest BCUT2D eigenvalue weighted by Gasteiger charge is -2.32. The molecule has 1 rings (SSSR count). The maximum absolute atomic E-state index is 11.8.